The Hall–Kier alpha value is -2.51. The summed E-state index contributed by atoms with van der Waals surface area (Å²) in [5.41, 5.74) is 1.75. The molecule has 27 heavy (non-hydrogen) atoms. The molecule has 0 spiro atoms. The van der Waals surface area contributed by atoms with Gasteiger partial charge in [0.05, 0.1) is 30.2 Å². The van der Waals surface area contributed by atoms with Gasteiger partial charge >= 0.3 is 0 Å². The summed E-state index contributed by atoms with van der Waals surface area (Å²) < 4.78 is 5.11. The number of carbonyl (C=O) groups excluding carboxylic acids is 2. The first-order valence-corrected chi connectivity index (χ1v) is 9.51. The predicted molar refractivity (Wildman–Crippen MR) is 105 cm³/mol. The van der Waals surface area contributed by atoms with Crippen molar-refractivity contribution in [1.29, 1.82) is 0 Å². The number of methoxy groups -OCH3 is 1. The van der Waals surface area contributed by atoms with Crippen molar-refractivity contribution in [3.05, 3.63) is 53.6 Å². The zero-order valence-electron chi connectivity index (χ0n) is 15.4. The van der Waals surface area contributed by atoms with Gasteiger partial charge in [0.25, 0.3) is 5.91 Å². The van der Waals surface area contributed by atoms with E-state index in [1.165, 1.54) is 11.8 Å². The van der Waals surface area contributed by atoms with Gasteiger partial charge in [0.1, 0.15) is 5.75 Å². The Labute approximate surface area is 162 Å². The maximum absolute atomic E-state index is 12.6. The summed E-state index contributed by atoms with van der Waals surface area (Å²) in [5.74, 6) is 0.315. The Morgan fingerprint density at radius 1 is 1.26 bits per heavy atom. The highest BCUT2D eigenvalue weighted by Gasteiger charge is 2.25. The summed E-state index contributed by atoms with van der Waals surface area (Å²) in [6, 6.07) is 11.8. The zero-order valence-corrected chi connectivity index (χ0v) is 16.2. The lowest BCUT2D eigenvalue weighted by atomic mass is 10.0. The summed E-state index contributed by atoms with van der Waals surface area (Å²) in [7, 11) is 1.58. The molecule has 3 unspecified atom stereocenters. The second kappa shape index (κ2) is 8.02. The Balaban J connectivity index is 1.69. The summed E-state index contributed by atoms with van der Waals surface area (Å²) in [4.78, 5) is 25.3. The molecule has 1 heterocycles. The Kier molecular flexibility index (Phi) is 5.72. The minimum Gasteiger partial charge on any atom is -0.497 e. The molecule has 0 aromatic heterocycles. The number of ether oxygens (including phenoxy) is 1. The van der Waals surface area contributed by atoms with Crippen molar-refractivity contribution in [1.82, 2.24) is 5.32 Å². The minimum atomic E-state index is -0.853. The maximum Gasteiger partial charge on any atom is 0.251 e. The lowest BCUT2D eigenvalue weighted by Gasteiger charge is -2.23. The monoisotopic (exact) mass is 386 g/mol. The number of nitrogens with one attached hydrogen (secondary N) is 2. The van der Waals surface area contributed by atoms with E-state index in [-0.39, 0.29) is 17.1 Å². The zero-order chi connectivity index (χ0) is 19.6. The third-order valence-corrected chi connectivity index (χ3v) is 5.64. The Bertz CT molecular complexity index is 854. The topological polar surface area (TPSA) is 87.7 Å². The lowest BCUT2D eigenvalue weighted by molar-refractivity contribution is -0.115. The first kappa shape index (κ1) is 19.3. The number of thioether (sulfide) groups is 1. The van der Waals surface area contributed by atoms with Gasteiger partial charge in [0, 0.05) is 10.5 Å². The van der Waals surface area contributed by atoms with Crippen LogP contribution in [0.3, 0.4) is 0 Å². The molecule has 2 aromatic rings. The molecule has 6 nitrogen and oxygen atoms in total. The van der Waals surface area contributed by atoms with Crippen molar-refractivity contribution in [2.75, 3.05) is 12.4 Å². The van der Waals surface area contributed by atoms with E-state index < -0.39 is 12.1 Å². The van der Waals surface area contributed by atoms with Gasteiger partial charge in [-0.3, -0.25) is 9.59 Å². The van der Waals surface area contributed by atoms with Gasteiger partial charge in [-0.05, 0) is 49.7 Å². The van der Waals surface area contributed by atoms with Crippen LogP contribution in [0.2, 0.25) is 0 Å². The number of amides is 2. The number of carbonyl (C=O) groups is 2. The maximum atomic E-state index is 12.6. The molecular weight excluding hydrogens is 364 g/mol. The van der Waals surface area contributed by atoms with Gasteiger partial charge in [-0.25, -0.2) is 0 Å². The molecule has 142 valence electrons. The molecule has 3 N–H and O–H groups in total. The number of aliphatic hydroxyl groups is 1. The van der Waals surface area contributed by atoms with Gasteiger partial charge in [0.15, 0.2) is 0 Å². The van der Waals surface area contributed by atoms with Crippen LogP contribution in [-0.2, 0) is 4.79 Å². The molecule has 7 heteroatoms. The van der Waals surface area contributed by atoms with Crippen molar-refractivity contribution in [2.45, 2.75) is 36.1 Å². The van der Waals surface area contributed by atoms with E-state index in [4.69, 9.17) is 4.74 Å². The van der Waals surface area contributed by atoms with Gasteiger partial charge in [0.2, 0.25) is 5.91 Å². The van der Waals surface area contributed by atoms with Crippen molar-refractivity contribution in [3.63, 3.8) is 0 Å². The summed E-state index contributed by atoms with van der Waals surface area (Å²) >= 11 is 1.47. The number of fused-ring (bicyclic) bond motifs is 1. The van der Waals surface area contributed by atoms with E-state index in [0.29, 0.717) is 22.6 Å². The molecule has 0 radical (unpaired) electrons. The second-order valence-electron chi connectivity index (χ2n) is 6.44. The van der Waals surface area contributed by atoms with Gasteiger partial charge in [-0.15, -0.1) is 11.8 Å². The molecule has 0 aliphatic carbocycles. The van der Waals surface area contributed by atoms with Crippen LogP contribution in [0.4, 0.5) is 5.69 Å². The van der Waals surface area contributed by atoms with Crippen LogP contribution >= 0.6 is 11.8 Å². The fourth-order valence-corrected chi connectivity index (χ4v) is 3.74. The highest BCUT2D eigenvalue weighted by atomic mass is 32.2. The van der Waals surface area contributed by atoms with Gasteiger partial charge in [-0.2, -0.15) is 0 Å². The third kappa shape index (κ3) is 4.26. The molecule has 1 aliphatic rings. The van der Waals surface area contributed by atoms with Crippen molar-refractivity contribution in [3.8, 4) is 5.75 Å². The first-order chi connectivity index (χ1) is 12.9. The van der Waals surface area contributed by atoms with E-state index in [2.05, 4.69) is 10.6 Å². The van der Waals surface area contributed by atoms with E-state index in [9.17, 15) is 14.7 Å². The molecule has 0 bridgehead atoms. The van der Waals surface area contributed by atoms with E-state index in [0.717, 1.165) is 4.90 Å². The van der Waals surface area contributed by atoms with Crippen LogP contribution in [0.5, 0.6) is 5.75 Å². The van der Waals surface area contributed by atoms with Gasteiger partial charge < -0.3 is 20.5 Å². The molecule has 0 saturated carbocycles. The fourth-order valence-electron chi connectivity index (χ4n) is 2.81. The quantitative estimate of drug-likeness (QED) is 0.735. The molecule has 0 saturated heterocycles. The Morgan fingerprint density at radius 3 is 2.63 bits per heavy atom. The minimum absolute atomic E-state index is 0.0756. The average Bonchev–Trinajstić information content (AvgIpc) is 2.68. The number of hydrogen-bond donors (Lipinski definition) is 3. The molecule has 3 rings (SSSR count). The molecule has 2 amide bonds. The largest absolute Gasteiger partial charge is 0.497 e. The van der Waals surface area contributed by atoms with Crippen LogP contribution < -0.4 is 15.4 Å². The van der Waals surface area contributed by atoms with Crippen molar-refractivity contribution >= 4 is 29.3 Å². The third-order valence-electron chi connectivity index (χ3n) is 4.46. The Morgan fingerprint density at radius 2 is 1.96 bits per heavy atom. The lowest BCUT2D eigenvalue weighted by Crippen LogP contribution is -2.37. The van der Waals surface area contributed by atoms with Gasteiger partial charge in [-0.1, -0.05) is 12.1 Å². The average molecular weight is 386 g/mol. The van der Waals surface area contributed by atoms with Crippen molar-refractivity contribution in [2.24, 2.45) is 0 Å². The summed E-state index contributed by atoms with van der Waals surface area (Å²) in [6.07, 6.45) is -0.853. The molecule has 0 fully saturated rings. The van der Waals surface area contributed by atoms with E-state index >= 15 is 0 Å². The predicted octanol–water partition coefficient (Wildman–Crippen LogP) is 2.98. The smallest absolute Gasteiger partial charge is 0.251 e. The normalized spacial score (nSPS) is 18.1. The summed E-state index contributed by atoms with van der Waals surface area (Å²) in [6.45, 7) is 3.58. The number of anilines is 1. The second-order valence-corrected chi connectivity index (χ2v) is 7.82. The number of benzene rings is 2. The van der Waals surface area contributed by atoms with Crippen LogP contribution in [0.15, 0.2) is 47.4 Å². The molecule has 2 aromatic carbocycles. The number of aliphatic hydroxyl groups excluding tert-OH is 1. The van der Waals surface area contributed by atoms with Crippen LogP contribution in [0, 0.1) is 0 Å². The fraction of sp³-hybridized carbons (Fsp3) is 0.300. The SMILES string of the molecule is COc1ccc(C(O)C(C)NC(=O)c2ccc3c(c2)NC(=O)C(C)S3)cc1. The summed E-state index contributed by atoms with van der Waals surface area (Å²) in [5, 5.41) is 16.0. The van der Waals surface area contributed by atoms with Crippen LogP contribution in [0.1, 0.15) is 35.9 Å². The molecule has 3 atom stereocenters. The number of rotatable bonds is 5. The molecular formula is C20H22N2O4S. The first-order valence-electron chi connectivity index (χ1n) is 8.63. The molecule has 1 aliphatic heterocycles. The van der Waals surface area contributed by atoms with E-state index in [1.54, 1.807) is 50.4 Å². The highest BCUT2D eigenvalue weighted by molar-refractivity contribution is 8.00. The van der Waals surface area contributed by atoms with E-state index in [1.807, 2.05) is 13.0 Å². The standard InChI is InChI=1S/C20H22N2O4S/c1-11(18(23)13-4-7-15(26-3)8-5-13)21-20(25)14-6-9-17-16(10-14)22-19(24)12(2)27-17/h4-12,18,23H,1-3H3,(H,21,25)(H,22,24). The van der Waals surface area contributed by atoms with Crippen molar-refractivity contribution < 1.29 is 19.4 Å². The number of hydrogen-bond acceptors (Lipinski definition) is 5. The van der Waals surface area contributed by atoms with Crippen LogP contribution in [0.25, 0.3) is 0 Å². The van der Waals surface area contributed by atoms with Crippen LogP contribution in [-0.4, -0.2) is 35.3 Å². The highest BCUT2D eigenvalue weighted by Crippen LogP contribution is 2.36.